The minimum Gasteiger partial charge on any atom is -0.383 e. The predicted octanol–water partition coefficient (Wildman–Crippen LogP) is 4.03. The highest BCUT2D eigenvalue weighted by Crippen LogP contribution is 2.44. The summed E-state index contributed by atoms with van der Waals surface area (Å²) in [5.41, 5.74) is 4.70. The number of nitriles is 1. The maximum absolute atomic E-state index is 9.24. The minimum absolute atomic E-state index is 0.163. The van der Waals surface area contributed by atoms with Gasteiger partial charge in [-0.15, -0.1) is 0 Å². The minimum atomic E-state index is -0.163. The molecule has 3 aromatic rings. The van der Waals surface area contributed by atoms with Gasteiger partial charge in [0.2, 0.25) is 5.95 Å². The zero-order chi connectivity index (χ0) is 22.0. The lowest BCUT2D eigenvalue weighted by Crippen LogP contribution is -2.29. The van der Waals surface area contributed by atoms with Gasteiger partial charge < -0.3 is 16.0 Å². The molecule has 8 heteroatoms. The Morgan fingerprint density at radius 1 is 1.16 bits per heavy atom. The van der Waals surface area contributed by atoms with Gasteiger partial charge in [0.15, 0.2) is 0 Å². The Bertz CT molecular complexity index is 1120. The maximum atomic E-state index is 9.24. The van der Waals surface area contributed by atoms with Gasteiger partial charge in [-0.3, -0.25) is 4.68 Å². The first-order valence-electron chi connectivity index (χ1n) is 11.3. The summed E-state index contributed by atoms with van der Waals surface area (Å²) in [7, 11) is 0. The van der Waals surface area contributed by atoms with Crippen LogP contribution >= 0.6 is 0 Å². The van der Waals surface area contributed by atoms with Crippen molar-refractivity contribution in [1.29, 1.82) is 5.26 Å². The van der Waals surface area contributed by atoms with E-state index < -0.39 is 0 Å². The second-order valence-corrected chi connectivity index (χ2v) is 8.86. The van der Waals surface area contributed by atoms with Crippen LogP contribution in [0, 0.1) is 23.7 Å². The van der Waals surface area contributed by atoms with Crippen LogP contribution in [-0.4, -0.2) is 39.4 Å². The molecule has 2 aliphatic rings. The largest absolute Gasteiger partial charge is 0.383 e. The van der Waals surface area contributed by atoms with Crippen molar-refractivity contribution in [2.45, 2.75) is 38.6 Å². The molecule has 0 unspecified atom stereocenters. The van der Waals surface area contributed by atoms with Crippen LogP contribution in [0.2, 0.25) is 0 Å². The summed E-state index contributed by atoms with van der Waals surface area (Å²) in [5, 5.41) is 23.8. The molecule has 0 bridgehead atoms. The van der Waals surface area contributed by atoms with Gasteiger partial charge in [0.05, 0.1) is 35.1 Å². The summed E-state index contributed by atoms with van der Waals surface area (Å²) < 4.78 is 2.04. The molecule has 3 heterocycles. The average molecular weight is 429 g/mol. The zero-order valence-corrected chi connectivity index (χ0v) is 18.3. The molecule has 1 aliphatic heterocycles. The van der Waals surface area contributed by atoms with Crippen LogP contribution in [0.5, 0.6) is 0 Å². The van der Waals surface area contributed by atoms with E-state index in [0.29, 0.717) is 18.5 Å². The third-order valence-corrected chi connectivity index (χ3v) is 6.39. The van der Waals surface area contributed by atoms with E-state index >= 15 is 0 Å². The van der Waals surface area contributed by atoms with Crippen molar-refractivity contribution >= 4 is 17.3 Å². The van der Waals surface area contributed by atoms with E-state index in [2.05, 4.69) is 44.2 Å². The van der Waals surface area contributed by atoms with Crippen LogP contribution in [0.3, 0.4) is 0 Å². The second-order valence-electron chi connectivity index (χ2n) is 8.86. The summed E-state index contributed by atoms with van der Waals surface area (Å²) >= 11 is 0. The Morgan fingerprint density at radius 3 is 2.66 bits per heavy atom. The number of aromatic nitrogens is 4. The Hall–Kier alpha value is -3.44. The molecule has 1 saturated carbocycles. The summed E-state index contributed by atoms with van der Waals surface area (Å²) in [6.07, 6.45) is 9.87. The lowest BCUT2D eigenvalue weighted by atomic mass is 10.1. The first-order valence-corrected chi connectivity index (χ1v) is 11.3. The van der Waals surface area contributed by atoms with Crippen molar-refractivity contribution in [3.63, 3.8) is 0 Å². The van der Waals surface area contributed by atoms with Crippen LogP contribution in [-0.2, 0) is 0 Å². The number of aryl methyl sites for hydroxylation is 1. The standard InChI is InChI=1S/C24H28N8/c1-17-12-27-23(30-20-13-29-32(14-20)21-6-10-26-11-7-21)31-22(17)18-2-4-19(5-3-18)28-16-24(15-25)8-9-24/h2-5,12-14,21,26,28H,6-11,16H2,1H3,(H,27,30,31). The van der Waals surface area contributed by atoms with E-state index in [1.165, 1.54) is 0 Å². The first kappa shape index (κ1) is 20.5. The first-order chi connectivity index (χ1) is 15.6. The molecule has 1 aromatic carbocycles. The summed E-state index contributed by atoms with van der Waals surface area (Å²) in [4.78, 5) is 9.22. The van der Waals surface area contributed by atoms with Gasteiger partial charge in [-0.05, 0) is 63.4 Å². The van der Waals surface area contributed by atoms with Crippen LogP contribution in [0.15, 0.2) is 42.9 Å². The van der Waals surface area contributed by atoms with E-state index in [0.717, 1.165) is 67.0 Å². The second kappa shape index (κ2) is 8.60. The van der Waals surface area contributed by atoms with Crippen molar-refractivity contribution in [1.82, 2.24) is 25.1 Å². The number of nitrogens with zero attached hydrogens (tertiary/aromatic N) is 5. The average Bonchev–Trinajstić information content (AvgIpc) is 3.48. The van der Waals surface area contributed by atoms with Crippen LogP contribution < -0.4 is 16.0 Å². The van der Waals surface area contributed by atoms with Gasteiger partial charge in [-0.2, -0.15) is 10.4 Å². The molecule has 0 radical (unpaired) electrons. The molecule has 3 N–H and O–H groups in total. The summed E-state index contributed by atoms with van der Waals surface area (Å²) in [6.45, 7) is 4.79. The molecular weight excluding hydrogens is 400 g/mol. The highest BCUT2D eigenvalue weighted by Gasteiger charge is 2.42. The number of hydrogen-bond acceptors (Lipinski definition) is 7. The molecule has 2 fully saturated rings. The molecule has 164 valence electrons. The van der Waals surface area contributed by atoms with Crippen molar-refractivity contribution in [2.75, 3.05) is 30.3 Å². The van der Waals surface area contributed by atoms with Crippen LogP contribution in [0.4, 0.5) is 17.3 Å². The monoisotopic (exact) mass is 428 g/mol. The predicted molar refractivity (Wildman–Crippen MR) is 125 cm³/mol. The van der Waals surface area contributed by atoms with E-state index in [4.69, 9.17) is 4.98 Å². The van der Waals surface area contributed by atoms with E-state index in [1.807, 2.05) is 42.3 Å². The molecule has 1 aliphatic carbocycles. The lowest BCUT2D eigenvalue weighted by Gasteiger charge is -2.22. The molecular formula is C24H28N8. The fraction of sp³-hybridized carbons (Fsp3) is 0.417. The maximum Gasteiger partial charge on any atom is 0.227 e. The highest BCUT2D eigenvalue weighted by atomic mass is 15.3. The van der Waals surface area contributed by atoms with Crippen molar-refractivity contribution < 1.29 is 0 Å². The third-order valence-electron chi connectivity index (χ3n) is 6.39. The summed E-state index contributed by atoms with van der Waals surface area (Å²) in [6, 6.07) is 11.1. The zero-order valence-electron chi connectivity index (χ0n) is 18.3. The fourth-order valence-electron chi connectivity index (χ4n) is 4.09. The van der Waals surface area contributed by atoms with Gasteiger partial charge in [0.1, 0.15) is 0 Å². The molecule has 0 atom stereocenters. The Kier molecular flexibility index (Phi) is 5.50. The normalized spacial score (nSPS) is 17.5. The molecule has 1 saturated heterocycles. The number of hydrogen-bond donors (Lipinski definition) is 3. The van der Waals surface area contributed by atoms with E-state index in [9.17, 15) is 5.26 Å². The molecule has 0 amide bonds. The molecule has 32 heavy (non-hydrogen) atoms. The van der Waals surface area contributed by atoms with Gasteiger partial charge in [-0.1, -0.05) is 12.1 Å². The van der Waals surface area contributed by atoms with Gasteiger partial charge in [0, 0.05) is 30.2 Å². The Morgan fingerprint density at radius 2 is 1.94 bits per heavy atom. The number of nitrogens with one attached hydrogen (secondary N) is 3. The van der Waals surface area contributed by atoms with E-state index in [1.54, 1.807) is 0 Å². The fourth-order valence-corrected chi connectivity index (χ4v) is 4.09. The molecule has 2 aromatic heterocycles. The third kappa shape index (κ3) is 4.43. The highest BCUT2D eigenvalue weighted by molar-refractivity contribution is 5.67. The summed E-state index contributed by atoms with van der Waals surface area (Å²) in [5.74, 6) is 0.558. The van der Waals surface area contributed by atoms with Gasteiger partial charge in [-0.25, -0.2) is 9.97 Å². The molecule has 0 spiro atoms. The smallest absolute Gasteiger partial charge is 0.227 e. The number of rotatable bonds is 7. The van der Waals surface area contributed by atoms with Crippen molar-refractivity contribution in [3.8, 4) is 17.3 Å². The Balaban J connectivity index is 1.27. The van der Waals surface area contributed by atoms with E-state index in [-0.39, 0.29) is 5.41 Å². The van der Waals surface area contributed by atoms with Crippen LogP contribution in [0.25, 0.3) is 11.3 Å². The topological polar surface area (TPSA) is 103 Å². The Labute approximate surface area is 188 Å². The van der Waals surface area contributed by atoms with Gasteiger partial charge in [0.25, 0.3) is 0 Å². The van der Waals surface area contributed by atoms with Crippen LogP contribution in [0.1, 0.15) is 37.3 Å². The number of piperidine rings is 1. The van der Waals surface area contributed by atoms with Crippen molar-refractivity contribution in [2.24, 2.45) is 5.41 Å². The molecule has 8 nitrogen and oxygen atoms in total. The SMILES string of the molecule is Cc1cnc(Nc2cnn(C3CCNCC3)c2)nc1-c1ccc(NCC2(C#N)CC2)cc1. The quantitative estimate of drug-likeness (QED) is 0.522. The lowest BCUT2D eigenvalue weighted by molar-refractivity contribution is 0.343. The molecule has 5 rings (SSSR count). The number of benzene rings is 1. The van der Waals surface area contributed by atoms with Crippen molar-refractivity contribution in [3.05, 3.63) is 48.4 Å². The van der Waals surface area contributed by atoms with Gasteiger partial charge >= 0.3 is 0 Å². The number of anilines is 3.